The fraction of sp³-hybridized carbons (Fsp3) is 0.412. The summed E-state index contributed by atoms with van der Waals surface area (Å²) in [6.45, 7) is 2.95. The van der Waals surface area contributed by atoms with Crippen molar-refractivity contribution in [3.05, 3.63) is 51.2 Å². The highest BCUT2D eigenvalue weighted by Gasteiger charge is 2.59. The van der Waals surface area contributed by atoms with Gasteiger partial charge >= 0.3 is 11.9 Å². The standard InChI is InChI=1S/C17H18N2O7/c1-3-25-15(20)12-9(2)18-17(22)8-26-16(21)14(17)13(12)10-6-4-5-7-11(10)19(23)24/h4-7,13-14,18,22H,3,8H2,1-2H3. The van der Waals surface area contributed by atoms with Crippen LogP contribution in [0.25, 0.3) is 0 Å². The zero-order valence-corrected chi connectivity index (χ0v) is 14.2. The van der Waals surface area contributed by atoms with Crippen LogP contribution in [-0.4, -0.2) is 40.9 Å². The molecule has 3 atom stereocenters. The Labute approximate surface area is 148 Å². The van der Waals surface area contributed by atoms with Crippen LogP contribution >= 0.6 is 0 Å². The summed E-state index contributed by atoms with van der Waals surface area (Å²) in [5.74, 6) is -3.73. The number of nitro benzene ring substituents is 1. The molecule has 9 nitrogen and oxygen atoms in total. The average molecular weight is 362 g/mol. The van der Waals surface area contributed by atoms with Crippen molar-refractivity contribution in [1.82, 2.24) is 5.32 Å². The molecular weight excluding hydrogens is 344 g/mol. The molecule has 0 radical (unpaired) electrons. The molecule has 3 rings (SSSR count). The largest absolute Gasteiger partial charge is 0.463 e. The van der Waals surface area contributed by atoms with E-state index < -0.39 is 34.4 Å². The molecule has 1 saturated heterocycles. The Hall–Kier alpha value is -2.94. The fourth-order valence-electron chi connectivity index (χ4n) is 3.61. The number of hydrogen-bond donors (Lipinski definition) is 2. The third-order valence-corrected chi connectivity index (χ3v) is 4.62. The number of nitrogens with one attached hydrogen (secondary N) is 1. The van der Waals surface area contributed by atoms with Gasteiger partial charge in [0.1, 0.15) is 12.5 Å². The molecule has 26 heavy (non-hydrogen) atoms. The number of ether oxygens (including phenoxy) is 2. The maximum atomic E-state index is 12.5. The van der Waals surface area contributed by atoms with E-state index in [1.807, 2.05) is 0 Å². The highest BCUT2D eigenvalue weighted by atomic mass is 16.6. The van der Waals surface area contributed by atoms with Crippen molar-refractivity contribution in [3.8, 4) is 0 Å². The van der Waals surface area contributed by atoms with Crippen LogP contribution in [0.1, 0.15) is 25.3 Å². The van der Waals surface area contributed by atoms with Gasteiger partial charge in [-0.05, 0) is 13.8 Å². The van der Waals surface area contributed by atoms with E-state index in [2.05, 4.69) is 5.32 Å². The number of allylic oxidation sites excluding steroid dienone is 1. The van der Waals surface area contributed by atoms with Crippen LogP contribution in [0.5, 0.6) is 0 Å². The van der Waals surface area contributed by atoms with E-state index in [4.69, 9.17) is 9.47 Å². The molecule has 0 bridgehead atoms. The molecule has 2 aliphatic rings. The molecule has 0 saturated carbocycles. The summed E-state index contributed by atoms with van der Waals surface area (Å²) >= 11 is 0. The number of cyclic esters (lactones) is 1. The van der Waals surface area contributed by atoms with Crippen molar-refractivity contribution in [3.63, 3.8) is 0 Å². The predicted molar refractivity (Wildman–Crippen MR) is 87.7 cm³/mol. The highest BCUT2D eigenvalue weighted by Crippen LogP contribution is 2.48. The molecule has 0 amide bonds. The quantitative estimate of drug-likeness (QED) is 0.461. The number of nitrogens with zero attached hydrogens (tertiary/aromatic N) is 1. The smallest absolute Gasteiger partial charge is 0.336 e. The summed E-state index contributed by atoms with van der Waals surface area (Å²) in [7, 11) is 0. The summed E-state index contributed by atoms with van der Waals surface area (Å²) in [6, 6.07) is 5.81. The topological polar surface area (TPSA) is 128 Å². The van der Waals surface area contributed by atoms with E-state index >= 15 is 0 Å². The summed E-state index contributed by atoms with van der Waals surface area (Å²) in [4.78, 5) is 35.8. The van der Waals surface area contributed by atoms with Crippen molar-refractivity contribution >= 4 is 17.6 Å². The first-order valence-corrected chi connectivity index (χ1v) is 8.08. The number of esters is 2. The van der Waals surface area contributed by atoms with Gasteiger partial charge < -0.3 is 19.9 Å². The van der Waals surface area contributed by atoms with Crippen molar-refractivity contribution < 1.29 is 29.1 Å². The van der Waals surface area contributed by atoms with Crippen LogP contribution in [0.3, 0.4) is 0 Å². The average Bonchev–Trinajstić information content (AvgIpc) is 2.88. The maximum absolute atomic E-state index is 12.5. The van der Waals surface area contributed by atoms with Crippen molar-refractivity contribution in [2.75, 3.05) is 13.2 Å². The van der Waals surface area contributed by atoms with Gasteiger partial charge in [0.05, 0.1) is 17.1 Å². The van der Waals surface area contributed by atoms with Crippen LogP contribution in [-0.2, 0) is 19.1 Å². The Morgan fingerprint density at radius 3 is 2.85 bits per heavy atom. The number of benzene rings is 1. The lowest BCUT2D eigenvalue weighted by Gasteiger charge is -2.39. The van der Waals surface area contributed by atoms with Crippen molar-refractivity contribution in [2.45, 2.75) is 25.5 Å². The minimum absolute atomic E-state index is 0.0645. The second-order valence-corrected chi connectivity index (χ2v) is 6.19. The Bertz CT molecular complexity index is 819. The number of carbonyl (C=O) groups excluding carboxylic acids is 2. The first-order valence-electron chi connectivity index (χ1n) is 8.08. The van der Waals surface area contributed by atoms with Crippen LogP contribution in [0.4, 0.5) is 5.69 Å². The number of nitro groups is 1. The van der Waals surface area contributed by atoms with Gasteiger partial charge in [0.2, 0.25) is 0 Å². The lowest BCUT2D eigenvalue weighted by molar-refractivity contribution is -0.385. The van der Waals surface area contributed by atoms with Gasteiger partial charge in [0, 0.05) is 23.2 Å². The van der Waals surface area contributed by atoms with Gasteiger partial charge in [-0.2, -0.15) is 0 Å². The predicted octanol–water partition coefficient (Wildman–Crippen LogP) is 0.980. The van der Waals surface area contributed by atoms with E-state index in [1.54, 1.807) is 19.9 Å². The molecule has 1 aromatic carbocycles. The van der Waals surface area contributed by atoms with Crippen LogP contribution in [0, 0.1) is 16.0 Å². The zero-order chi connectivity index (χ0) is 19.1. The van der Waals surface area contributed by atoms with Gasteiger partial charge in [-0.3, -0.25) is 14.9 Å². The van der Waals surface area contributed by atoms with Crippen molar-refractivity contribution in [1.29, 1.82) is 0 Å². The van der Waals surface area contributed by atoms with Gasteiger partial charge in [-0.1, -0.05) is 18.2 Å². The molecule has 2 aliphatic heterocycles. The minimum Gasteiger partial charge on any atom is -0.463 e. The number of fused-ring (bicyclic) bond motifs is 1. The monoisotopic (exact) mass is 362 g/mol. The third-order valence-electron chi connectivity index (χ3n) is 4.62. The Morgan fingerprint density at radius 2 is 2.19 bits per heavy atom. The van der Waals surface area contributed by atoms with E-state index in [0.717, 1.165) is 0 Å². The van der Waals surface area contributed by atoms with Crippen LogP contribution in [0.15, 0.2) is 35.5 Å². The van der Waals surface area contributed by atoms with Gasteiger partial charge in [-0.25, -0.2) is 4.79 Å². The number of hydrogen-bond acceptors (Lipinski definition) is 8. The molecule has 2 heterocycles. The lowest BCUT2D eigenvalue weighted by atomic mass is 9.72. The van der Waals surface area contributed by atoms with E-state index in [9.17, 15) is 24.8 Å². The zero-order valence-electron chi connectivity index (χ0n) is 14.2. The second-order valence-electron chi connectivity index (χ2n) is 6.19. The van der Waals surface area contributed by atoms with E-state index in [0.29, 0.717) is 0 Å². The molecule has 138 valence electrons. The SMILES string of the molecule is CCOC(=O)C1=C(C)NC2(O)COC(=O)C2C1c1ccccc1[N+](=O)[O-]. The maximum Gasteiger partial charge on any atom is 0.336 e. The normalized spacial score (nSPS) is 27.4. The van der Waals surface area contributed by atoms with Gasteiger partial charge in [-0.15, -0.1) is 0 Å². The van der Waals surface area contributed by atoms with E-state index in [1.165, 1.54) is 18.2 Å². The summed E-state index contributed by atoms with van der Waals surface area (Å²) in [5, 5.41) is 25.1. The molecule has 1 aromatic rings. The van der Waals surface area contributed by atoms with Crippen molar-refractivity contribution in [2.24, 2.45) is 5.92 Å². The summed E-state index contributed by atoms with van der Waals surface area (Å²) in [6.07, 6.45) is 0. The molecule has 1 fully saturated rings. The Kier molecular flexibility index (Phi) is 4.41. The molecule has 2 N–H and O–H groups in total. The van der Waals surface area contributed by atoms with Gasteiger partial charge in [0.15, 0.2) is 5.72 Å². The number of para-hydroxylation sites is 1. The van der Waals surface area contributed by atoms with Crippen LogP contribution in [0.2, 0.25) is 0 Å². The molecule has 0 spiro atoms. The number of rotatable bonds is 4. The number of aliphatic hydroxyl groups is 1. The van der Waals surface area contributed by atoms with Crippen LogP contribution < -0.4 is 5.32 Å². The molecule has 9 heteroatoms. The second kappa shape index (κ2) is 6.41. The van der Waals surface area contributed by atoms with Gasteiger partial charge in [0.25, 0.3) is 5.69 Å². The fourth-order valence-corrected chi connectivity index (χ4v) is 3.61. The molecule has 0 aliphatic carbocycles. The number of carbonyl (C=O) groups is 2. The highest BCUT2D eigenvalue weighted by molar-refractivity contribution is 5.94. The summed E-state index contributed by atoms with van der Waals surface area (Å²) < 4.78 is 10.1. The van der Waals surface area contributed by atoms with E-state index in [-0.39, 0.29) is 35.7 Å². The first-order chi connectivity index (χ1) is 12.3. The first kappa shape index (κ1) is 17.9. The third kappa shape index (κ3) is 2.70. The Balaban J connectivity index is 2.25. The molecule has 3 unspecified atom stereocenters. The molecular formula is C17H18N2O7. The molecule has 0 aromatic heterocycles. The lowest BCUT2D eigenvalue weighted by Crippen LogP contribution is -2.57. The summed E-state index contributed by atoms with van der Waals surface area (Å²) in [5.41, 5.74) is -1.52. The minimum atomic E-state index is -1.76. The Morgan fingerprint density at radius 1 is 1.50 bits per heavy atom.